The SMILES string of the molecule is COc1ccc(Nc2nc(Nc3cccc(S(=O)(=O)N(C)C)c3)ncc2F)cc1Cl. The number of aromatic nitrogens is 2. The van der Waals surface area contributed by atoms with Crippen LogP contribution in [0, 0.1) is 5.82 Å². The van der Waals surface area contributed by atoms with Crippen molar-refractivity contribution in [3.8, 4) is 5.75 Å². The predicted octanol–water partition coefficient (Wildman–Crippen LogP) is 4.02. The Morgan fingerprint density at radius 3 is 2.50 bits per heavy atom. The lowest BCUT2D eigenvalue weighted by molar-refractivity contribution is 0.415. The molecule has 0 atom stereocenters. The molecule has 0 spiro atoms. The molecule has 1 aromatic heterocycles. The summed E-state index contributed by atoms with van der Waals surface area (Å²) in [5.74, 6) is -0.180. The van der Waals surface area contributed by atoms with Gasteiger partial charge in [0.2, 0.25) is 16.0 Å². The summed E-state index contributed by atoms with van der Waals surface area (Å²) in [4.78, 5) is 8.13. The molecule has 0 bridgehead atoms. The average molecular weight is 452 g/mol. The Balaban J connectivity index is 1.85. The van der Waals surface area contributed by atoms with Gasteiger partial charge in [0.1, 0.15) is 5.75 Å². The maximum atomic E-state index is 14.2. The lowest BCUT2D eigenvalue weighted by Crippen LogP contribution is -2.22. The van der Waals surface area contributed by atoms with E-state index in [0.717, 1.165) is 10.5 Å². The van der Waals surface area contributed by atoms with Crippen molar-refractivity contribution in [3.63, 3.8) is 0 Å². The summed E-state index contributed by atoms with van der Waals surface area (Å²) in [5.41, 5.74) is 0.936. The Morgan fingerprint density at radius 1 is 1.10 bits per heavy atom. The Bertz CT molecular complexity index is 1170. The number of nitrogens with zero attached hydrogens (tertiary/aromatic N) is 3. The molecule has 2 aromatic carbocycles. The van der Waals surface area contributed by atoms with Gasteiger partial charge in [-0.25, -0.2) is 22.1 Å². The third-order valence-electron chi connectivity index (χ3n) is 4.03. The molecule has 0 aliphatic heterocycles. The predicted molar refractivity (Wildman–Crippen MR) is 114 cm³/mol. The summed E-state index contributed by atoms with van der Waals surface area (Å²) in [6.07, 6.45) is 1.00. The summed E-state index contributed by atoms with van der Waals surface area (Å²) in [7, 11) is 0.788. The highest BCUT2D eigenvalue weighted by molar-refractivity contribution is 7.89. The standard InChI is InChI=1S/C19H19ClFN5O3S/c1-26(2)30(27,28)14-6-4-5-12(9-14)24-19-22-11-16(21)18(25-19)23-13-7-8-17(29-3)15(20)10-13/h4-11H,1-3H3,(H2,22,23,24,25). The molecule has 3 aromatic rings. The number of rotatable bonds is 7. The minimum absolute atomic E-state index is 0.0780. The zero-order chi connectivity index (χ0) is 21.9. The van der Waals surface area contributed by atoms with Crippen LogP contribution in [0.4, 0.5) is 27.5 Å². The molecule has 0 saturated heterocycles. The van der Waals surface area contributed by atoms with E-state index in [1.54, 1.807) is 30.3 Å². The zero-order valence-electron chi connectivity index (χ0n) is 16.3. The van der Waals surface area contributed by atoms with Crippen LogP contribution in [0.3, 0.4) is 0 Å². The van der Waals surface area contributed by atoms with Gasteiger partial charge < -0.3 is 15.4 Å². The molecule has 8 nitrogen and oxygen atoms in total. The van der Waals surface area contributed by atoms with Gasteiger partial charge in [-0.2, -0.15) is 4.98 Å². The molecular weight excluding hydrogens is 433 g/mol. The van der Waals surface area contributed by atoms with Crippen molar-refractivity contribution >= 4 is 44.8 Å². The molecule has 30 heavy (non-hydrogen) atoms. The Hall–Kier alpha value is -2.95. The molecule has 0 unspecified atom stereocenters. The number of ether oxygens (including phenoxy) is 1. The molecular formula is C19H19ClFN5O3S. The topological polar surface area (TPSA) is 96.4 Å². The number of sulfonamides is 1. The van der Waals surface area contributed by atoms with Gasteiger partial charge in [-0.05, 0) is 36.4 Å². The summed E-state index contributed by atoms with van der Waals surface area (Å²) in [5, 5.41) is 6.07. The Labute approximate surface area is 178 Å². The van der Waals surface area contributed by atoms with Crippen molar-refractivity contribution in [2.75, 3.05) is 31.8 Å². The fourth-order valence-electron chi connectivity index (χ4n) is 2.47. The first-order valence-corrected chi connectivity index (χ1v) is 10.4. The monoisotopic (exact) mass is 451 g/mol. The third-order valence-corrected chi connectivity index (χ3v) is 6.13. The molecule has 0 aliphatic carbocycles. The lowest BCUT2D eigenvalue weighted by Gasteiger charge is -2.13. The molecule has 0 saturated carbocycles. The molecule has 0 aliphatic rings. The second kappa shape index (κ2) is 8.82. The van der Waals surface area contributed by atoms with Crippen molar-refractivity contribution in [3.05, 3.63) is 59.5 Å². The first kappa shape index (κ1) is 21.8. The van der Waals surface area contributed by atoms with Crippen LogP contribution in [0.2, 0.25) is 5.02 Å². The van der Waals surface area contributed by atoms with E-state index in [9.17, 15) is 12.8 Å². The van der Waals surface area contributed by atoms with E-state index in [1.807, 2.05) is 0 Å². The molecule has 158 valence electrons. The Morgan fingerprint density at radius 2 is 1.83 bits per heavy atom. The van der Waals surface area contributed by atoms with Crippen LogP contribution in [0.1, 0.15) is 0 Å². The van der Waals surface area contributed by atoms with Crippen LogP contribution >= 0.6 is 11.6 Å². The fourth-order valence-corrected chi connectivity index (χ4v) is 3.68. The number of hydrogen-bond acceptors (Lipinski definition) is 7. The summed E-state index contributed by atoms with van der Waals surface area (Å²) < 4.78 is 45.0. The number of halogens is 2. The van der Waals surface area contributed by atoms with Crippen LogP contribution in [0.25, 0.3) is 0 Å². The summed E-state index contributed by atoms with van der Waals surface area (Å²) in [6, 6.07) is 11.0. The van der Waals surface area contributed by atoms with Gasteiger partial charge in [0, 0.05) is 25.5 Å². The van der Waals surface area contributed by atoms with Crippen LogP contribution in [0.15, 0.2) is 53.6 Å². The molecule has 3 rings (SSSR count). The van der Waals surface area contributed by atoms with Gasteiger partial charge >= 0.3 is 0 Å². The third kappa shape index (κ3) is 4.78. The second-order valence-corrected chi connectivity index (χ2v) is 8.86. The van der Waals surface area contributed by atoms with Crippen molar-refractivity contribution < 1.29 is 17.5 Å². The van der Waals surface area contributed by atoms with E-state index in [1.165, 1.54) is 33.3 Å². The number of nitrogens with one attached hydrogen (secondary N) is 2. The van der Waals surface area contributed by atoms with Gasteiger partial charge in [-0.1, -0.05) is 17.7 Å². The van der Waals surface area contributed by atoms with Crippen LogP contribution in [-0.2, 0) is 10.0 Å². The largest absolute Gasteiger partial charge is 0.495 e. The van der Waals surface area contributed by atoms with E-state index in [0.29, 0.717) is 22.1 Å². The molecule has 2 N–H and O–H groups in total. The lowest BCUT2D eigenvalue weighted by atomic mass is 10.3. The van der Waals surface area contributed by atoms with Crippen molar-refractivity contribution in [1.82, 2.24) is 14.3 Å². The number of benzene rings is 2. The maximum Gasteiger partial charge on any atom is 0.242 e. The van der Waals surface area contributed by atoms with Crippen molar-refractivity contribution in [2.45, 2.75) is 4.90 Å². The highest BCUT2D eigenvalue weighted by Gasteiger charge is 2.17. The molecule has 11 heteroatoms. The molecule has 1 heterocycles. The van der Waals surface area contributed by atoms with Crippen LogP contribution < -0.4 is 15.4 Å². The van der Waals surface area contributed by atoms with E-state index in [4.69, 9.17) is 16.3 Å². The van der Waals surface area contributed by atoms with Gasteiger partial charge in [-0.3, -0.25) is 0 Å². The van der Waals surface area contributed by atoms with Gasteiger partial charge in [-0.15, -0.1) is 0 Å². The van der Waals surface area contributed by atoms with Crippen LogP contribution in [-0.4, -0.2) is 43.9 Å². The Kier molecular flexibility index (Phi) is 6.40. The first-order chi connectivity index (χ1) is 14.2. The van der Waals surface area contributed by atoms with Crippen molar-refractivity contribution in [1.29, 1.82) is 0 Å². The molecule has 0 fully saturated rings. The van der Waals surface area contributed by atoms with E-state index in [-0.39, 0.29) is 16.7 Å². The van der Waals surface area contributed by atoms with E-state index < -0.39 is 15.8 Å². The first-order valence-electron chi connectivity index (χ1n) is 8.63. The summed E-state index contributed by atoms with van der Waals surface area (Å²) >= 11 is 6.09. The quantitative estimate of drug-likeness (QED) is 0.560. The zero-order valence-corrected chi connectivity index (χ0v) is 17.9. The normalized spacial score (nSPS) is 11.4. The fraction of sp³-hybridized carbons (Fsp3) is 0.158. The second-order valence-electron chi connectivity index (χ2n) is 6.30. The minimum Gasteiger partial charge on any atom is -0.495 e. The van der Waals surface area contributed by atoms with Gasteiger partial charge in [0.25, 0.3) is 0 Å². The average Bonchev–Trinajstić information content (AvgIpc) is 2.71. The van der Waals surface area contributed by atoms with E-state index in [2.05, 4.69) is 20.6 Å². The minimum atomic E-state index is -3.60. The molecule has 0 amide bonds. The van der Waals surface area contributed by atoms with Crippen LogP contribution in [0.5, 0.6) is 5.75 Å². The highest BCUT2D eigenvalue weighted by Crippen LogP contribution is 2.29. The van der Waals surface area contributed by atoms with Gasteiger partial charge in [0.05, 0.1) is 23.2 Å². The number of anilines is 4. The van der Waals surface area contributed by atoms with Crippen molar-refractivity contribution in [2.24, 2.45) is 0 Å². The van der Waals surface area contributed by atoms with Gasteiger partial charge in [0.15, 0.2) is 11.6 Å². The smallest absolute Gasteiger partial charge is 0.242 e. The van der Waals surface area contributed by atoms with E-state index >= 15 is 0 Å². The molecule has 0 radical (unpaired) electrons. The number of methoxy groups -OCH3 is 1. The highest BCUT2D eigenvalue weighted by atomic mass is 35.5. The maximum absolute atomic E-state index is 14.2. The number of hydrogen-bond donors (Lipinski definition) is 2. The summed E-state index contributed by atoms with van der Waals surface area (Å²) in [6.45, 7) is 0.